The molecule has 0 saturated heterocycles. The van der Waals surface area contributed by atoms with Gasteiger partial charge in [0, 0.05) is 17.7 Å². The van der Waals surface area contributed by atoms with E-state index >= 15 is 0 Å². The number of nitrogens with zero attached hydrogens (tertiary/aromatic N) is 1. The number of pyridine rings is 1. The molecule has 0 fully saturated rings. The van der Waals surface area contributed by atoms with E-state index in [0.29, 0.717) is 22.5 Å². The van der Waals surface area contributed by atoms with E-state index in [9.17, 15) is 22.8 Å². The summed E-state index contributed by atoms with van der Waals surface area (Å²) in [7, 11) is 1.24. The molecule has 0 saturated carbocycles. The number of alkyl halides is 3. The number of esters is 1. The van der Waals surface area contributed by atoms with E-state index in [2.05, 4.69) is 15.0 Å². The van der Waals surface area contributed by atoms with Gasteiger partial charge in [0.1, 0.15) is 17.2 Å². The lowest BCUT2D eigenvalue weighted by atomic mass is 9.99. The second-order valence-electron chi connectivity index (χ2n) is 7.79. The summed E-state index contributed by atoms with van der Waals surface area (Å²) in [5, 5.41) is 2.81. The molecular weight excluding hydrogens is 475 g/mol. The van der Waals surface area contributed by atoms with Crippen LogP contribution in [0.3, 0.4) is 0 Å². The molecule has 10 heteroatoms. The first-order valence-corrected chi connectivity index (χ1v) is 10.6. The van der Waals surface area contributed by atoms with Crippen LogP contribution in [0.15, 0.2) is 71.3 Å². The first-order valence-electron chi connectivity index (χ1n) is 10.6. The third-order valence-corrected chi connectivity index (χ3v) is 5.29. The highest BCUT2D eigenvalue weighted by Gasteiger charge is 2.35. The fraction of sp³-hybridized carbons (Fsp3) is 0.115. The topological polar surface area (TPSA) is 107 Å². The molecule has 4 aromatic rings. The Balaban J connectivity index is 1.57. The summed E-state index contributed by atoms with van der Waals surface area (Å²) < 4.78 is 51.6. The zero-order valence-corrected chi connectivity index (χ0v) is 18.9. The minimum atomic E-state index is -4.67. The van der Waals surface area contributed by atoms with Crippen molar-refractivity contribution in [3.63, 3.8) is 0 Å². The number of nitrogen functional groups attached to an aromatic ring is 1. The van der Waals surface area contributed by atoms with Gasteiger partial charge < -0.3 is 20.2 Å². The van der Waals surface area contributed by atoms with E-state index in [1.54, 1.807) is 18.2 Å². The molecule has 0 bridgehead atoms. The number of halogens is 3. The Morgan fingerprint density at radius 1 is 1.08 bits per heavy atom. The van der Waals surface area contributed by atoms with E-state index < -0.39 is 23.6 Å². The number of anilines is 1. The summed E-state index contributed by atoms with van der Waals surface area (Å²) >= 11 is 0. The fourth-order valence-corrected chi connectivity index (χ4v) is 3.51. The number of rotatable bonds is 6. The van der Waals surface area contributed by atoms with Gasteiger partial charge in [-0.25, -0.2) is 9.78 Å². The third-order valence-electron chi connectivity index (χ3n) is 5.29. The van der Waals surface area contributed by atoms with Crippen LogP contribution in [-0.2, 0) is 22.3 Å². The summed E-state index contributed by atoms with van der Waals surface area (Å²) in [6.45, 7) is -0.113. The molecule has 3 N–H and O–H groups in total. The standard InChI is InChI=1S/C26H20F3N3O4/c1-35-25(34)17-6-4-16(5-7-17)18-10-19-11-20(36-24(19)21(12-18)26(27,28)29)14-32-23(33)9-3-15-2-8-22(30)31-13-15/h2-13H,14H2,1H3,(H2,30,31)(H,32,33)/b9-3+. The minimum absolute atomic E-state index is 0.113. The Labute approximate surface area is 203 Å². The van der Waals surface area contributed by atoms with Crippen LogP contribution in [-0.4, -0.2) is 24.0 Å². The molecule has 2 aromatic carbocycles. The van der Waals surface area contributed by atoms with Crippen molar-refractivity contribution in [3.05, 3.63) is 89.3 Å². The molecule has 2 heterocycles. The van der Waals surface area contributed by atoms with Crippen LogP contribution in [0, 0.1) is 0 Å². The summed E-state index contributed by atoms with van der Waals surface area (Å²) in [6, 6.07) is 13.3. The zero-order valence-electron chi connectivity index (χ0n) is 18.9. The molecule has 2 aromatic heterocycles. The van der Waals surface area contributed by atoms with Crippen LogP contribution in [0.2, 0.25) is 0 Å². The van der Waals surface area contributed by atoms with Crippen molar-refractivity contribution in [2.45, 2.75) is 12.7 Å². The summed E-state index contributed by atoms with van der Waals surface area (Å²) in [6.07, 6.45) is -0.376. The summed E-state index contributed by atoms with van der Waals surface area (Å²) in [5.41, 5.74) is 5.95. The molecule has 0 radical (unpaired) electrons. The predicted octanol–water partition coefficient (Wildman–Crippen LogP) is 5.21. The number of amides is 1. The first-order chi connectivity index (χ1) is 17.1. The second-order valence-corrected chi connectivity index (χ2v) is 7.79. The van der Waals surface area contributed by atoms with Crippen molar-refractivity contribution < 1.29 is 31.9 Å². The number of carbonyl (C=O) groups is 2. The van der Waals surface area contributed by atoms with Gasteiger partial charge in [-0.3, -0.25) is 4.79 Å². The van der Waals surface area contributed by atoms with Gasteiger partial charge in [-0.2, -0.15) is 13.2 Å². The van der Waals surface area contributed by atoms with Gasteiger partial charge in [0.05, 0.1) is 24.8 Å². The fourth-order valence-electron chi connectivity index (χ4n) is 3.51. The Hall–Kier alpha value is -4.60. The molecule has 0 spiro atoms. The highest BCUT2D eigenvalue weighted by molar-refractivity contribution is 5.92. The van der Waals surface area contributed by atoms with Crippen molar-refractivity contribution >= 4 is 34.7 Å². The predicted molar refractivity (Wildman–Crippen MR) is 128 cm³/mol. The van der Waals surface area contributed by atoms with E-state index in [4.69, 9.17) is 10.2 Å². The number of furan rings is 1. The smallest absolute Gasteiger partial charge is 0.420 e. The van der Waals surface area contributed by atoms with Gasteiger partial charge in [0.2, 0.25) is 5.91 Å². The normalized spacial score (nSPS) is 11.7. The van der Waals surface area contributed by atoms with E-state index in [1.165, 1.54) is 55.8 Å². The molecule has 0 aliphatic heterocycles. The van der Waals surface area contributed by atoms with Crippen LogP contribution in [0.1, 0.15) is 27.2 Å². The highest BCUT2D eigenvalue weighted by Crippen LogP contribution is 2.39. The van der Waals surface area contributed by atoms with Crippen molar-refractivity contribution in [1.29, 1.82) is 0 Å². The van der Waals surface area contributed by atoms with Crippen LogP contribution in [0.4, 0.5) is 19.0 Å². The van der Waals surface area contributed by atoms with E-state index in [0.717, 1.165) is 6.07 Å². The maximum atomic E-state index is 13.8. The average molecular weight is 495 g/mol. The molecule has 184 valence electrons. The number of carbonyl (C=O) groups excluding carboxylic acids is 2. The maximum Gasteiger partial charge on any atom is 0.420 e. The third kappa shape index (κ3) is 5.54. The molecule has 0 aliphatic rings. The number of fused-ring (bicyclic) bond motifs is 1. The van der Waals surface area contributed by atoms with Crippen LogP contribution < -0.4 is 11.1 Å². The monoisotopic (exact) mass is 495 g/mol. The van der Waals surface area contributed by atoms with Crippen molar-refractivity contribution in [1.82, 2.24) is 10.3 Å². The lowest BCUT2D eigenvalue weighted by Gasteiger charge is -2.10. The minimum Gasteiger partial charge on any atom is -0.465 e. The van der Waals surface area contributed by atoms with Crippen LogP contribution in [0.25, 0.3) is 28.2 Å². The Morgan fingerprint density at radius 2 is 1.83 bits per heavy atom. The van der Waals surface area contributed by atoms with Crippen molar-refractivity contribution in [2.24, 2.45) is 0 Å². The van der Waals surface area contributed by atoms with Crippen LogP contribution >= 0.6 is 0 Å². The lowest BCUT2D eigenvalue weighted by Crippen LogP contribution is -2.19. The largest absolute Gasteiger partial charge is 0.465 e. The molecular formula is C26H20F3N3O4. The molecule has 36 heavy (non-hydrogen) atoms. The Kier molecular flexibility index (Phi) is 6.77. The molecule has 0 unspecified atom stereocenters. The van der Waals surface area contributed by atoms with Crippen molar-refractivity contribution in [3.8, 4) is 11.1 Å². The quantitative estimate of drug-likeness (QED) is 0.281. The first kappa shape index (κ1) is 24.5. The molecule has 7 nitrogen and oxygen atoms in total. The highest BCUT2D eigenvalue weighted by atomic mass is 19.4. The number of benzene rings is 2. The number of aromatic nitrogens is 1. The number of nitrogens with one attached hydrogen (secondary N) is 1. The Morgan fingerprint density at radius 3 is 2.47 bits per heavy atom. The maximum absolute atomic E-state index is 13.8. The van der Waals surface area contributed by atoms with E-state index in [1.807, 2.05) is 0 Å². The lowest BCUT2D eigenvalue weighted by molar-refractivity contribution is -0.136. The Bertz CT molecular complexity index is 1440. The summed E-state index contributed by atoms with van der Waals surface area (Å²) in [5.74, 6) is -0.505. The number of ether oxygens (including phenoxy) is 1. The van der Waals surface area contributed by atoms with Gasteiger partial charge in [-0.1, -0.05) is 12.1 Å². The average Bonchev–Trinajstić information content (AvgIpc) is 3.28. The van der Waals surface area contributed by atoms with Crippen LogP contribution in [0.5, 0.6) is 0 Å². The van der Waals surface area contributed by atoms with Gasteiger partial charge in [-0.15, -0.1) is 0 Å². The van der Waals surface area contributed by atoms with Crippen molar-refractivity contribution in [2.75, 3.05) is 12.8 Å². The van der Waals surface area contributed by atoms with Gasteiger partial charge in [0.25, 0.3) is 0 Å². The van der Waals surface area contributed by atoms with Gasteiger partial charge >= 0.3 is 12.1 Å². The zero-order chi connectivity index (χ0) is 25.9. The number of hydrogen-bond donors (Lipinski definition) is 2. The van der Waals surface area contributed by atoms with E-state index in [-0.39, 0.29) is 28.8 Å². The SMILES string of the molecule is COC(=O)c1ccc(-c2cc(C(F)(F)F)c3oc(CNC(=O)/C=C/c4ccc(N)nc4)cc3c2)cc1. The number of hydrogen-bond acceptors (Lipinski definition) is 6. The van der Waals surface area contributed by atoms with Gasteiger partial charge in [0.15, 0.2) is 0 Å². The molecule has 4 rings (SSSR count). The molecule has 1 amide bonds. The number of methoxy groups -OCH3 is 1. The van der Waals surface area contributed by atoms with Gasteiger partial charge in [-0.05, 0) is 65.2 Å². The second kappa shape index (κ2) is 9.95. The molecule has 0 aliphatic carbocycles. The summed E-state index contributed by atoms with van der Waals surface area (Å²) in [4.78, 5) is 27.7. The molecule has 0 atom stereocenters. The number of nitrogens with two attached hydrogens (primary N) is 1.